The van der Waals surface area contributed by atoms with E-state index in [0.29, 0.717) is 0 Å². The van der Waals surface area contributed by atoms with Gasteiger partial charge in [-0.1, -0.05) is 12.2 Å². The van der Waals surface area contributed by atoms with Gasteiger partial charge in [0.05, 0.1) is 6.54 Å². The number of hydrogen-bond acceptors (Lipinski definition) is 3. The van der Waals surface area contributed by atoms with Crippen molar-refractivity contribution in [2.45, 2.75) is 50.7 Å². The Morgan fingerprint density at radius 3 is 2.67 bits per heavy atom. The summed E-state index contributed by atoms with van der Waals surface area (Å²) in [6.07, 6.45) is 1.83. The predicted octanol–water partition coefficient (Wildman–Crippen LogP) is 2.08. The van der Waals surface area contributed by atoms with Crippen molar-refractivity contribution in [1.82, 2.24) is 10.2 Å². The van der Waals surface area contributed by atoms with E-state index in [1.54, 1.807) is 32.9 Å². The lowest BCUT2D eigenvalue weighted by molar-refractivity contribution is -0.131. The van der Waals surface area contributed by atoms with E-state index in [-0.39, 0.29) is 13.0 Å². The number of nitrogens with zero attached hydrogens (tertiary/aromatic N) is 1. The van der Waals surface area contributed by atoms with Crippen LogP contribution < -0.4 is 5.32 Å². The average Bonchev–Trinajstić information content (AvgIpc) is 2.46. The zero-order chi connectivity index (χ0) is 15.9. The summed E-state index contributed by atoms with van der Waals surface area (Å²) < 4.78 is 32.9. The molecule has 1 fully saturated rings. The Bertz CT molecular complexity index is 485. The van der Waals surface area contributed by atoms with Crippen LogP contribution in [-0.4, -0.2) is 47.1 Å². The fourth-order valence-electron chi connectivity index (χ4n) is 2.67. The number of amides is 2. The van der Waals surface area contributed by atoms with E-state index in [9.17, 15) is 18.4 Å². The Balaban J connectivity index is 2.34. The van der Waals surface area contributed by atoms with Gasteiger partial charge in [0.1, 0.15) is 11.1 Å². The number of carbonyl (C=O) groups is 2. The number of rotatable bonds is 0. The average molecular weight is 302 g/mol. The van der Waals surface area contributed by atoms with Gasteiger partial charge in [0.15, 0.2) is 0 Å². The Kier molecular flexibility index (Phi) is 3.71. The number of hydrogen-bond donors (Lipinski definition) is 1. The Morgan fingerprint density at radius 2 is 2.05 bits per heavy atom. The molecule has 1 saturated heterocycles. The van der Waals surface area contributed by atoms with Gasteiger partial charge in [-0.15, -0.1) is 0 Å². The molecule has 118 valence electrons. The number of alkyl halides is 2. The number of halogens is 2. The van der Waals surface area contributed by atoms with Crippen LogP contribution in [0.4, 0.5) is 13.6 Å². The highest BCUT2D eigenvalue weighted by atomic mass is 19.3. The van der Waals surface area contributed by atoms with E-state index in [2.05, 4.69) is 5.32 Å². The van der Waals surface area contributed by atoms with Crippen LogP contribution in [0.3, 0.4) is 0 Å². The molecule has 7 heteroatoms. The molecule has 0 radical (unpaired) electrons. The molecular formula is C14H20F2N2O3. The highest BCUT2D eigenvalue weighted by Gasteiger charge is 2.61. The second-order valence-electron chi connectivity index (χ2n) is 6.52. The molecule has 0 aromatic heterocycles. The lowest BCUT2D eigenvalue weighted by atomic mass is 9.90. The second kappa shape index (κ2) is 4.96. The highest BCUT2D eigenvalue weighted by Crippen LogP contribution is 2.43. The van der Waals surface area contributed by atoms with Crippen molar-refractivity contribution >= 4 is 12.0 Å². The fourth-order valence-corrected chi connectivity index (χ4v) is 2.67. The SMILES string of the molecule is CC(C)(C)OC(=O)N1CC(F)(F)CC12CC=CCNC2=O. The maximum absolute atomic E-state index is 13.9. The third-order valence-electron chi connectivity index (χ3n) is 3.50. The first-order valence-electron chi connectivity index (χ1n) is 6.88. The van der Waals surface area contributed by atoms with E-state index >= 15 is 0 Å². The third-order valence-corrected chi connectivity index (χ3v) is 3.50. The van der Waals surface area contributed by atoms with Crippen molar-refractivity contribution in [2.24, 2.45) is 0 Å². The normalized spacial score (nSPS) is 28.4. The zero-order valence-corrected chi connectivity index (χ0v) is 12.4. The summed E-state index contributed by atoms with van der Waals surface area (Å²) in [7, 11) is 0. The maximum Gasteiger partial charge on any atom is 0.411 e. The molecule has 1 atom stereocenters. The van der Waals surface area contributed by atoms with Gasteiger partial charge in [-0.2, -0.15) is 0 Å². The summed E-state index contributed by atoms with van der Waals surface area (Å²) in [5.74, 6) is -3.66. The monoisotopic (exact) mass is 302 g/mol. The lowest BCUT2D eigenvalue weighted by Crippen LogP contribution is -2.57. The van der Waals surface area contributed by atoms with E-state index in [1.165, 1.54) is 0 Å². The van der Waals surface area contributed by atoms with Gasteiger partial charge >= 0.3 is 6.09 Å². The van der Waals surface area contributed by atoms with Crippen LogP contribution in [0.25, 0.3) is 0 Å². The highest BCUT2D eigenvalue weighted by molar-refractivity contribution is 5.91. The van der Waals surface area contributed by atoms with Gasteiger partial charge in [-0.3, -0.25) is 9.69 Å². The predicted molar refractivity (Wildman–Crippen MR) is 72.0 cm³/mol. The van der Waals surface area contributed by atoms with Crippen LogP contribution in [-0.2, 0) is 9.53 Å². The van der Waals surface area contributed by atoms with Crippen molar-refractivity contribution in [3.8, 4) is 0 Å². The van der Waals surface area contributed by atoms with Crippen LogP contribution >= 0.6 is 0 Å². The summed E-state index contributed by atoms with van der Waals surface area (Å²) in [6, 6.07) is 0. The molecule has 0 aromatic rings. The van der Waals surface area contributed by atoms with Crippen LogP contribution in [0.2, 0.25) is 0 Å². The standard InChI is InChI=1S/C14H20F2N2O3/c1-12(2,3)21-11(20)18-9-14(15,16)8-13(18)6-4-5-7-17-10(13)19/h4-5H,6-9H2,1-3H3,(H,17,19). The molecule has 2 amide bonds. The van der Waals surface area contributed by atoms with E-state index in [0.717, 1.165) is 4.90 Å². The molecule has 1 spiro atoms. The molecule has 1 unspecified atom stereocenters. The minimum atomic E-state index is -3.10. The van der Waals surface area contributed by atoms with E-state index in [4.69, 9.17) is 4.74 Å². The van der Waals surface area contributed by atoms with Crippen molar-refractivity contribution in [3.63, 3.8) is 0 Å². The van der Waals surface area contributed by atoms with Crippen molar-refractivity contribution in [3.05, 3.63) is 12.2 Å². The van der Waals surface area contributed by atoms with Crippen molar-refractivity contribution in [1.29, 1.82) is 0 Å². The van der Waals surface area contributed by atoms with Gasteiger partial charge in [0.2, 0.25) is 5.91 Å². The molecule has 2 rings (SSSR count). The first kappa shape index (κ1) is 15.7. The molecule has 21 heavy (non-hydrogen) atoms. The molecule has 0 aromatic carbocycles. The fraction of sp³-hybridized carbons (Fsp3) is 0.714. The molecule has 2 aliphatic heterocycles. The number of carbonyl (C=O) groups excluding carboxylic acids is 2. The Hall–Kier alpha value is -1.66. The summed E-state index contributed by atoms with van der Waals surface area (Å²) >= 11 is 0. The van der Waals surface area contributed by atoms with Crippen molar-refractivity contribution < 1.29 is 23.1 Å². The van der Waals surface area contributed by atoms with Crippen LogP contribution in [0.15, 0.2) is 12.2 Å². The van der Waals surface area contributed by atoms with Gasteiger partial charge in [0.25, 0.3) is 5.92 Å². The van der Waals surface area contributed by atoms with Gasteiger partial charge in [-0.25, -0.2) is 13.6 Å². The number of ether oxygens (including phenoxy) is 1. The maximum atomic E-state index is 13.9. The first-order valence-corrected chi connectivity index (χ1v) is 6.88. The first-order chi connectivity index (χ1) is 9.56. The number of nitrogens with one attached hydrogen (secondary N) is 1. The van der Waals surface area contributed by atoms with Crippen LogP contribution in [0, 0.1) is 0 Å². The minimum absolute atomic E-state index is 0.0632. The second-order valence-corrected chi connectivity index (χ2v) is 6.52. The zero-order valence-electron chi connectivity index (χ0n) is 12.4. The van der Waals surface area contributed by atoms with E-state index < -0.39 is 42.0 Å². The molecule has 0 saturated carbocycles. The van der Waals surface area contributed by atoms with Gasteiger partial charge < -0.3 is 10.1 Å². The summed E-state index contributed by atoms with van der Waals surface area (Å²) in [5.41, 5.74) is -2.38. The molecule has 0 aliphatic carbocycles. The largest absolute Gasteiger partial charge is 0.444 e. The molecule has 1 N–H and O–H groups in total. The van der Waals surface area contributed by atoms with Gasteiger partial charge in [0, 0.05) is 13.0 Å². The molecule has 2 heterocycles. The molecule has 2 aliphatic rings. The minimum Gasteiger partial charge on any atom is -0.444 e. The summed E-state index contributed by atoms with van der Waals surface area (Å²) in [6.45, 7) is 4.42. The Morgan fingerprint density at radius 1 is 1.38 bits per heavy atom. The molecule has 5 nitrogen and oxygen atoms in total. The summed E-state index contributed by atoms with van der Waals surface area (Å²) in [5, 5.41) is 2.55. The van der Waals surface area contributed by atoms with Gasteiger partial charge in [-0.05, 0) is 27.2 Å². The van der Waals surface area contributed by atoms with E-state index in [1.807, 2.05) is 0 Å². The number of likely N-dealkylation sites (tertiary alicyclic amines) is 1. The smallest absolute Gasteiger partial charge is 0.411 e. The van der Waals surface area contributed by atoms with Crippen LogP contribution in [0.5, 0.6) is 0 Å². The summed E-state index contributed by atoms with van der Waals surface area (Å²) in [4.78, 5) is 25.4. The van der Waals surface area contributed by atoms with Crippen LogP contribution in [0.1, 0.15) is 33.6 Å². The Labute approximate surface area is 122 Å². The molecular weight excluding hydrogens is 282 g/mol. The third kappa shape index (κ3) is 3.16. The lowest BCUT2D eigenvalue weighted by Gasteiger charge is -2.35. The molecule has 0 bridgehead atoms. The quantitative estimate of drug-likeness (QED) is 0.697. The topological polar surface area (TPSA) is 58.6 Å². The van der Waals surface area contributed by atoms with Crippen molar-refractivity contribution in [2.75, 3.05) is 13.1 Å².